The SMILES string of the molecule is COc1ccc(C#N)cc1[C@H](C)Nc1ncc(C(=O)NCC(O)CO)cc1C(F)(F)F. The van der Waals surface area contributed by atoms with Gasteiger partial charge in [-0.25, -0.2) is 4.98 Å². The summed E-state index contributed by atoms with van der Waals surface area (Å²) in [5.74, 6) is -1.00. The van der Waals surface area contributed by atoms with Crippen molar-refractivity contribution in [2.75, 3.05) is 25.6 Å². The number of halogens is 3. The molecule has 0 aliphatic rings. The van der Waals surface area contributed by atoms with Crippen LogP contribution in [-0.4, -0.2) is 47.5 Å². The summed E-state index contributed by atoms with van der Waals surface area (Å²) in [7, 11) is 1.40. The maximum atomic E-state index is 13.6. The molecule has 4 N–H and O–H groups in total. The second-order valence-electron chi connectivity index (χ2n) is 6.60. The molecule has 0 radical (unpaired) electrons. The van der Waals surface area contributed by atoms with Crippen LogP contribution >= 0.6 is 0 Å². The number of aromatic nitrogens is 1. The molecule has 31 heavy (non-hydrogen) atoms. The lowest BCUT2D eigenvalue weighted by Gasteiger charge is -2.21. The van der Waals surface area contributed by atoms with E-state index in [-0.39, 0.29) is 12.1 Å². The molecular weight excluding hydrogens is 417 g/mol. The van der Waals surface area contributed by atoms with Crippen molar-refractivity contribution in [1.29, 1.82) is 5.26 Å². The van der Waals surface area contributed by atoms with Gasteiger partial charge in [-0.1, -0.05) is 0 Å². The number of aliphatic hydroxyl groups excluding tert-OH is 2. The second-order valence-corrected chi connectivity index (χ2v) is 6.60. The van der Waals surface area contributed by atoms with Crippen LogP contribution in [0.5, 0.6) is 5.75 Å². The highest BCUT2D eigenvalue weighted by atomic mass is 19.4. The number of pyridine rings is 1. The lowest BCUT2D eigenvalue weighted by atomic mass is 10.0. The van der Waals surface area contributed by atoms with Crippen LogP contribution in [0.2, 0.25) is 0 Å². The molecule has 0 aliphatic carbocycles. The molecule has 11 heteroatoms. The summed E-state index contributed by atoms with van der Waals surface area (Å²) in [4.78, 5) is 15.8. The van der Waals surface area contributed by atoms with Crippen LogP contribution in [0.15, 0.2) is 30.5 Å². The number of hydrogen-bond donors (Lipinski definition) is 4. The third kappa shape index (κ3) is 6.07. The average molecular weight is 438 g/mol. The van der Waals surface area contributed by atoms with Gasteiger partial charge in [0.2, 0.25) is 0 Å². The summed E-state index contributed by atoms with van der Waals surface area (Å²) < 4.78 is 46.1. The van der Waals surface area contributed by atoms with Crippen LogP contribution in [0.25, 0.3) is 0 Å². The maximum absolute atomic E-state index is 13.6. The van der Waals surface area contributed by atoms with Crippen molar-refractivity contribution in [3.8, 4) is 11.8 Å². The Balaban J connectivity index is 2.35. The Morgan fingerprint density at radius 2 is 2.06 bits per heavy atom. The van der Waals surface area contributed by atoms with E-state index in [0.717, 1.165) is 6.20 Å². The number of anilines is 1. The fourth-order valence-electron chi connectivity index (χ4n) is 2.72. The smallest absolute Gasteiger partial charge is 0.419 e. The molecule has 2 rings (SSSR count). The van der Waals surface area contributed by atoms with Crippen LogP contribution in [0.3, 0.4) is 0 Å². The lowest BCUT2D eigenvalue weighted by Crippen LogP contribution is -2.34. The standard InChI is InChI=1S/C20H21F3N4O4/c1-11(15-5-12(7-24)3-4-17(15)31-2)27-18-16(20(21,22)23)6-13(8-25-18)19(30)26-9-14(29)10-28/h3-6,8,11,14,28-29H,9-10H2,1-2H3,(H,25,27)(H,26,30)/t11-,14?/m0/s1. The first-order chi connectivity index (χ1) is 14.6. The van der Waals surface area contributed by atoms with E-state index in [1.54, 1.807) is 13.0 Å². The largest absolute Gasteiger partial charge is 0.496 e. The number of benzene rings is 1. The molecule has 0 fully saturated rings. The van der Waals surface area contributed by atoms with Crippen molar-refractivity contribution < 1.29 is 32.9 Å². The monoisotopic (exact) mass is 438 g/mol. The van der Waals surface area contributed by atoms with Gasteiger partial charge in [0.1, 0.15) is 11.6 Å². The quantitative estimate of drug-likeness (QED) is 0.498. The van der Waals surface area contributed by atoms with Crippen LogP contribution < -0.4 is 15.4 Å². The summed E-state index contributed by atoms with van der Waals surface area (Å²) in [6.07, 6.45) is -5.08. The van der Waals surface area contributed by atoms with E-state index in [9.17, 15) is 23.1 Å². The summed E-state index contributed by atoms with van der Waals surface area (Å²) in [5.41, 5.74) is -0.758. The van der Waals surface area contributed by atoms with Gasteiger partial charge >= 0.3 is 6.18 Å². The van der Waals surface area contributed by atoms with E-state index in [0.29, 0.717) is 22.9 Å². The first-order valence-electron chi connectivity index (χ1n) is 9.09. The van der Waals surface area contributed by atoms with Gasteiger partial charge in [-0.15, -0.1) is 0 Å². The van der Waals surface area contributed by atoms with E-state index >= 15 is 0 Å². The molecule has 0 bridgehead atoms. The Labute approximate surface area is 176 Å². The number of nitriles is 1. The summed E-state index contributed by atoms with van der Waals surface area (Å²) >= 11 is 0. The Bertz CT molecular complexity index is 976. The highest BCUT2D eigenvalue weighted by Crippen LogP contribution is 2.36. The highest BCUT2D eigenvalue weighted by molar-refractivity contribution is 5.94. The highest BCUT2D eigenvalue weighted by Gasteiger charge is 2.36. The Morgan fingerprint density at radius 3 is 2.65 bits per heavy atom. The van der Waals surface area contributed by atoms with Crippen molar-refractivity contribution in [2.45, 2.75) is 25.2 Å². The number of amides is 1. The molecule has 1 aromatic heterocycles. The number of nitrogens with one attached hydrogen (secondary N) is 2. The van der Waals surface area contributed by atoms with Crippen molar-refractivity contribution in [3.63, 3.8) is 0 Å². The van der Waals surface area contributed by atoms with Gasteiger partial charge in [0.15, 0.2) is 0 Å². The lowest BCUT2D eigenvalue weighted by molar-refractivity contribution is -0.137. The maximum Gasteiger partial charge on any atom is 0.419 e. The molecule has 0 spiro atoms. The van der Waals surface area contributed by atoms with E-state index in [1.807, 2.05) is 6.07 Å². The zero-order chi connectivity index (χ0) is 23.2. The molecule has 2 aromatic rings. The van der Waals surface area contributed by atoms with E-state index in [2.05, 4.69) is 15.6 Å². The first-order valence-corrected chi connectivity index (χ1v) is 9.09. The average Bonchev–Trinajstić information content (AvgIpc) is 2.75. The predicted octanol–water partition coefficient (Wildman–Crippen LogP) is 2.24. The van der Waals surface area contributed by atoms with Crippen LogP contribution in [0, 0.1) is 11.3 Å². The fourth-order valence-corrected chi connectivity index (χ4v) is 2.72. The predicted molar refractivity (Wildman–Crippen MR) is 104 cm³/mol. The van der Waals surface area contributed by atoms with Gasteiger partial charge in [0.25, 0.3) is 5.91 Å². The van der Waals surface area contributed by atoms with Crippen molar-refractivity contribution >= 4 is 11.7 Å². The Morgan fingerprint density at radius 1 is 1.35 bits per heavy atom. The molecule has 2 atom stereocenters. The number of hydrogen-bond acceptors (Lipinski definition) is 7. The number of carbonyl (C=O) groups excluding carboxylic acids is 1. The Hall–Kier alpha value is -3.36. The van der Waals surface area contributed by atoms with Gasteiger partial charge in [-0.05, 0) is 31.2 Å². The van der Waals surface area contributed by atoms with Crippen molar-refractivity contribution in [3.05, 3.63) is 52.7 Å². The minimum atomic E-state index is -4.81. The van der Waals surface area contributed by atoms with Crippen molar-refractivity contribution in [1.82, 2.24) is 10.3 Å². The fraction of sp³-hybridized carbons (Fsp3) is 0.350. The molecule has 1 amide bonds. The van der Waals surface area contributed by atoms with Gasteiger partial charge in [-0.2, -0.15) is 18.4 Å². The molecule has 166 valence electrons. The summed E-state index contributed by atoms with van der Waals surface area (Å²) in [5, 5.41) is 32.0. The molecule has 0 aliphatic heterocycles. The van der Waals surface area contributed by atoms with Gasteiger partial charge in [0.05, 0.1) is 48.6 Å². The normalized spacial score (nSPS) is 13.1. The molecule has 0 saturated carbocycles. The first kappa shape index (κ1) is 23.9. The van der Waals surface area contributed by atoms with E-state index in [1.165, 1.54) is 19.2 Å². The van der Waals surface area contributed by atoms with Crippen LogP contribution in [-0.2, 0) is 6.18 Å². The minimum absolute atomic E-state index is 0.311. The Kier molecular flexibility index (Phi) is 7.79. The van der Waals surface area contributed by atoms with Gasteiger partial charge in [-0.3, -0.25) is 4.79 Å². The molecule has 1 aromatic carbocycles. The number of rotatable bonds is 8. The van der Waals surface area contributed by atoms with Gasteiger partial charge in [0, 0.05) is 18.3 Å². The zero-order valence-electron chi connectivity index (χ0n) is 16.7. The summed E-state index contributed by atoms with van der Waals surface area (Å²) in [6, 6.07) is 6.45. The number of aliphatic hydroxyl groups is 2. The molecule has 8 nitrogen and oxygen atoms in total. The number of methoxy groups -OCH3 is 1. The van der Waals surface area contributed by atoms with Crippen LogP contribution in [0.1, 0.15) is 40.0 Å². The molecular formula is C20H21F3N4O4. The third-order valence-electron chi connectivity index (χ3n) is 4.34. The minimum Gasteiger partial charge on any atom is -0.496 e. The van der Waals surface area contributed by atoms with Crippen molar-refractivity contribution in [2.24, 2.45) is 0 Å². The van der Waals surface area contributed by atoms with Gasteiger partial charge < -0.3 is 25.6 Å². The molecule has 1 unspecified atom stereocenters. The number of carbonyl (C=O) groups is 1. The number of nitrogens with zero attached hydrogens (tertiary/aromatic N) is 2. The van der Waals surface area contributed by atoms with Crippen LogP contribution in [0.4, 0.5) is 19.0 Å². The number of ether oxygens (including phenoxy) is 1. The van der Waals surface area contributed by atoms with E-state index in [4.69, 9.17) is 15.1 Å². The summed E-state index contributed by atoms with van der Waals surface area (Å²) in [6.45, 7) is 0.643. The molecule has 0 saturated heterocycles. The number of alkyl halides is 3. The topological polar surface area (TPSA) is 128 Å². The third-order valence-corrected chi connectivity index (χ3v) is 4.34. The van der Waals surface area contributed by atoms with E-state index < -0.39 is 42.2 Å². The molecule has 1 heterocycles. The zero-order valence-corrected chi connectivity index (χ0v) is 16.7. The second kappa shape index (κ2) is 10.1.